The number of hydrogen-bond donors (Lipinski definition) is 0. The zero-order valence-corrected chi connectivity index (χ0v) is 11.1. The first-order valence-corrected chi connectivity index (χ1v) is 7.26. The molecule has 1 heterocycles. The van der Waals surface area contributed by atoms with E-state index in [4.69, 9.17) is 22.3 Å². The van der Waals surface area contributed by atoms with E-state index in [1.165, 1.54) is 6.33 Å². The van der Waals surface area contributed by atoms with Crippen molar-refractivity contribution in [3.05, 3.63) is 17.0 Å². The van der Waals surface area contributed by atoms with Crippen LogP contribution in [0.2, 0.25) is 5.15 Å². The van der Waals surface area contributed by atoms with Crippen LogP contribution in [0.4, 0.5) is 5.82 Å². The number of rotatable bonds is 4. The molecule has 0 spiro atoms. The van der Waals surface area contributed by atoms with E-state index in [1.807, 2.05) is 0 Å². The second-order valence-corrected chi connectivity index (χ2v) is 6.61. The predicted molar refractivity (Wildman–Crippen MR) is 64.7 cm³/mol. The van der Waals surface area contributed by atoms with Crippen LogP contribution in [0.15, 0.2) is 6.33 Å². The second-order valence-electron chi connectivity index (χ2n) is 3.35. The van der Waals surface area contributed by atoms with Crippen molar-refractivity contribution in [1.29, 1.82) is 0 Å². The monoisotopic (exact) mass is 283 g/mol. The summed E-state index contributed by atoms with van der Waals surface area (Å²) in [7, 11) is 5.18. The molecule has 0 aliphatic rings. The van der Waals surface area contributed by atoms with Gasteiger partial charge in [-0.15, -0.1) is 0 Å². The Labute approximate surface area is 104 Å². The smallest absolute Gasteiger partial charge is 0.232 e. The van der Waals surface area contributed by atoms with Crippen LogP contribution in [-0.2, 0) is 15.5 Å². The molecule has 0 bridgehead atoms. The van der Waals surface area contributed by atoms with E-state index in [1.54, 1.807) is 19.0 Å². The molecule has 0 N–H and O–H groups in total. The van der Waals surface area contributed by atoms with Gasteiger partial charge in [0.05, 0.1) is 5.75 Å². The van der Waals surface area contributed by atoms with E-state index in [-0.39, 0.29) is 17.3 Å². The van der Waals surface area contributed by atoms with Crippen molar-refractivity contribution < 1.29 is 8.42 Å². The summed E-state index contributed by atoms with van der Waals surface area (Å²) in [6, 6.07) is 0. The summed E-state index contributed by atoms with van der Waals surface area (Å²) in [4.78, 5) is 9.58. The summed E-state index contributed by atoms with van der Waals surface area (Å²) in [5, 5.41) is 0.249. The van der Waals surface area contributed by atoms with Crippen molar-refractivity contribution in [2.75, 3.05) is 24.7 Å². The van der Waals surface area contributed by atoms with Crippen molar-refractivity contribution >= 4 is 37.2 Å². The number of nitrogens with zero attached hydrogens (tertiary/aromatic N) is 3. The minimum atomic E-state index is -3.54. The molecular formula is C8H11Cl2N3O2S. The van der Waals surface area contributed by atoms with Crippen LogP contribution in [0.25, 0.3) is 0 Å². The first kappa shape index (κ1) is 13.5. The Morgan fingerprint density at radius 1 is 1.38 bits per heavy atom. The zero-order chi connectivity index (χ0) is 12.3. The Hall–Kier alpha value is -0.590. The van der Waals surface area contributed by atoms with Gasteiger partial charge in [-0.3, -0.25) is 0 Å². The maximum Gasteiger partial charge on any atom is 0.232 e. The van der Waals surface area contributed by atoms with Gasteiger partial charge in [-0.1, -0.05) is 11.6 Å². The van der Waals surface area contributed by atoms with Crippen LogP contribution in [0.3, 0.4) is 0 Å². The van der Waals surface area contributed by atoms with Gasteiger partial charge < -0.3 is 4.90 Å². The van der Waals surface area contributed by atoms with Crippen LogP contribution in [0.5, 0.6) is 0 Å². The zero-order valence-electron chi connectivity index (χ0n) is 8.81. The van der Waals surface area contributed by atoms with E-state index < -0.39 is 9.05 Å². The van der Waals surface area contributed by atoms with Crippen molar-refractivity contribution in [2.45, 2.75) is 6.42 Å². The maximum atomic E-state index is 10.9. The molecule has 0 saturated carbocycles. The van der Waals surface area contributed by atoms with Crippen molar-refractivity contribution in [3.63, 3.8) is 0 Å². The Kier molecular flexibility index (Phi) is 4.35. The van der Waals surface area contributed by atoms with E-state index in [9.17, 15) is 8.42 Å². The predicted octanol–water partition coefficient (Wildman–Crippen LogP) is 1.31. The van der Waals surface area contributed by atoms with Gasteiger partial charge >= 0.3 is 0 Å². The summed E-state index contributed by atoms with van der Waals surface area (Å²) >= 11 is 5.89. The molecule has 1 rings (SSSR count). The Balaban J connectivity index is 3.02. The molecule has 5 nitrogen and oxygen atoms in total. The number of halogens is 2. The third kappa shape index (κ3) is 3.77. The standard InChI is InChI=1S/C8H11Cl2N3O2S/c1-13(2)8-6(3-4-16(10,14)15)7(9)11-5-12-8/h5H,3-4H2,1-2H3. The normalized spacial score (nSPS) is 11.5. The van der Waals surface area contributed by atoms with E-state index in [0.29, 0.717) is 11.4 Å². The molecule has 1 aromatic heterocycles. The molecule has 0 saturated heterocycles. The molecule has 0 aromatic carbocycles. The molecule has 1 aromatic rings. The van der Waals surface area contributed by atoms with Gasteiger partial charge in [-0.05, 0) is 6.42 Å². The molecular weight excluding hydrogens is 273 g/mol. The molecule has 0 unspecified atom stereocenters. The van der Waals surface area contributed by atoms with Crippen LogP contribution in [0.1, 0.15) is 5.56 Å². The fourth-order valence-electron chi connectivity index (χ4n) is 1.21. The lowest BCUT2D eigenvalue weighted by Crippen LogP contribution is -2.15. The average molecular weight is 284 g/mol. The second kappa shape index (κ2) is 5.16. The topological polar surface area (TPSA) is 63.2 Å². The molecule has 0 aliphatic carbocycles. The minimum absolute atomic E-state index is 0.192. The lowest BCUT2D eigenvalue weighted by atomic mass is 10.2. The highest BCUT2D eigenvalue weighted by Crippen LogP contribution is 2.23. The summed E-state index contributed by atoms with van der Waals surface area (Å²) in [6.07, 6.45) is 1.52. The summed E-state index contributed by atoms with van der Waals surface area (Å²) in [5.41, 5.74) is 0.582. The third-order valence-electron chi connectivity index (χ3n) is 1.89. The number of aromatic nitrogens is 2. The van der Waals surface area contributed by atoms with Gasteiger partial charge in [0, 0.05) is 30.3 Å². The maximum absolute atomic E-state index is 10.9. The largest absolute Gasteiger partial charge is 0.362 e. The van der Waals surface area contributed by atoms with Gasteiger partial charge in [0.15, 0.2) is 0 Å². The lowest BCUT2D eigenvalue weighted by Gasteiger charge is -2.15. The number of anilines is 1. The van der Waals surface area contributed by atoms with Crippen LogP contribution < -0.4 is 4.90 Å². The highest BCUT2D eigenvalue weighted by molar-refractivity contribution is 8.13. The molecule has 90 valence electrons. The molecule has 0 radical (unpaired) electrons. The van der Waals surface area contributed by atoms with Gasteiger partial charge in [0.1, 0.15) is 17.3 Å². The molecule has 0 atom stereocenters. The first-order valence-electron chi connectivity index (χ1n) is 4.40. The van der Waals surface area contributed by atoms with Gasteiger partial charge in [-0.25, -0.2) is 18.4 Å². The van der Waals surface area contributed by atoms with Crippen LogP contribution in [0, 0.1) is 0 Å². The Morgan fingerprint density at radius 3 is 2.50 bits per heavy atom. The third-order valence-corrected chi connectivity index (χ3v) is 3.37. The summed E-state index contributed by atoms with van der Waals surface area (Å²) in [5.74, 6) is 0.406. The van der Waals surface area contributed by atoms with Crippen LogP contribution >= 0.6 is 22.3 Å². The molecule has 8 heteroatoms. The number of hydrogen-bond acceptors (Lipinski definition) is 5. The SMILES string of the molecule is CN(C)c1ncnc(Cl)c1CCS(=O)(=O)Cl. The Bertz CT molecular complexity index is 476. The van der Waals surface area contributed by atoms with Gasteiger partial charge in [-0.2, -0.15) is 0 Å². The highest BCUT2D eigenvalue weighted by Gasteiger charge is 2.14. The van der Waals surface area contributed by atoms with Crippen molar-refractivity contribution in [3.8, 4) is 0 Å². The molecule has 0 aliphatic heterocycles. The minimum Gasteiger partial charge on any atom is -0.362 e. The van der Waals surface area contributed by atoms with Gasteiger partial charge in [0.25, 0.3) is 0 Å². The summed E-state index contributed by atoms with van der Waals surface area (Å²) in [6.45, 7) is 0. The Morgan fingerprint density at radius 2 is 2.00 bits per heavy atom. The van der Waals surface area contributed by atoms with E-state index in [0.717, 1.165) is 0 Å². The van der Waals surface area contributed by atoms with Crippen LogP contribution in [-0.4, -0.2) is 38.2 Å². The summed E-state index contributed by atoms with van der Waals surface area (Å²) < 4.78 is 21.7. The molecule has 0 fully saturated rings. The quantitative estimate of drug-likeness (QED) is 0.616. The van der Waals surface area contributed by atoms with Crippen molar-refractivity contribution in [2.24, 2.45) is 0 Å². The van der Waals surface area contributed by atoms with E-state index >= 15 is 0 Å². The first-order chi connectivity index (χ1) is 7.31. The van der Waals surface area contributed by atoms with Crippen molar-refractivity contribution in [1.82, 2.24) is 9.97 Å². The average Bonchev–Trinajstić information content (AvgIpc) is 2.13. The fourth-order valence-corrected chi connectivity index (χ4v) is 2.11. The van der Waals surface area contributed by atoms with E-state index in [2.05, 4.69) is 9.97 Å². The molecule has 16 heavy (non-hydrogen) atoms. The highest BCUT2D eigenvalue weighted by atomic mass is 35.7. The lowest BCUT2D eigenvalue weighted by molar-refractivity contribution is 0.609. The van der Waals surface area contributed by atoms with Gasteiger partial charge in [0.2, 0.25) is 9.05 Å². The fraction of sp³-hybridized carbons (Fsp3) is 0.500. The molecule has 0 amide bonds.